The van der Waals surface area contributed by atoms with Gasteiger partial charge in [-0.25, -0.2) is 9.97 Å². The Balaban J connectivity index is 1.43. The van der Waals surface area contributed by atoms with Gasteiger partial charge in [-0.1, -0.05) is 23.9 Å². The fraction of sp³-hybridized carbons (Fsp3) is 0.208. The van der Waals surface area contributed by atoms with E-state index in [4.69, 9.17) is 14.2 Å². The molecule has 10 heteroatoms. The van der Waals surface area contributed by atoms with Crippen molar-refractivity contribution >= 4 is 56.8 Å². The molecular weight excluding hydrogens is 583 g/mol. The van der Waals surface area contributed by atoms with E-state index in [2.05, 4.69) is 42.2 Å². The van der Waals surface area contributed by atoms with Crippen LogP contribution in [0.25, 0.3) is 0 Å². The molecule has 0 spiro atoms. The van der Waals surface area contributed by atoms with E-state index in [1.54, 1.807) is 25.1 Å². The Morgan fingerprint density at radius 3 is 2.82 bits per heavy atom. The van der Waals surface area contributed by atoms with Crippen LogP contribution in [0.3, 0.4) is 0 Å². The summed E-state index contributed by atoms with van der Waals surface area (Å²) in [5, 5.41) is 4.01. The van der Waals surface area contributed by atoms with Crippen molar-refractivity contribution in [2.75, 3.05) is 19.0 Å². The largest absolute Gasteiger partial charge is 0.497 e. The minimum Gasteiger partial charge on any atom is -0.497 e. The zero-order valence-electron chi connectivity index (χ0n) is 18.2. The molecule has 34 heavy (non-hydrogen) atoms. The maximum Gasteiger partial charge on any atom is 0.208 e. The molecule has 1 saturated heterocycles. The minimum absolute atomic E-state index is 0.0187. The molecule has 4 aromatic rings. The SMILES string of the molecule is COc1cccc(Sc2cc(Oc3cccc(I)c3)cnc2Nc2nc(C3CCCO3)ns2)c1. The molecule has 1 N–H and O–H groups in total. The van der Waals surface area contributed by atoms with Crippen LogP contribution in [0.15, 0.2) is 70.6 Å². The second-order valence-electron chi connectivity index (χ2n) is 7.44. The Morgan fingerprint density at radius 2 is 2.00 bits per heavy atom. The van der Waals surface area contributed by atoms with Gasteiger partial charge in [0.05, 0.1) is 18.2 Å². The third kappa shape index (κ3) is 5.80. The number of aromatic nitrogens is 3. The number of methoxy groups -OCH3 is 1. The van der Waals surface area contributed by atoms with Gasteiger partial charge < -0.3 is 19.5 Å². The maximum absolute atomic E-state index is 6.08. The lowest BCUT2D eigenvalue weighted by atomic mass is 10.2. The molecule has 1 aliphatic heterocycles. The number of rotatable bonds is 8. The Kier molecular flexibility index (Phi) is 7.48. The zero-order valence-corrected chi connectivity index (χ0v) is 22.0. The zero-order chi connectivity index (χ0) is 23.3. The van der Waals surface area contributed by atoms with Gasteiger partial charge in [0.2, 0.25) is 5.13 Å². The van der Waals surface area contributed by atoms with Crippen molar-refractivity contribution in [2.24, 2.45) is 0 Å². The summed E-state index contributed by atoms with van der Waals surface area (Å²) in [7, 11) is 1.66. The Hall–Kier alpha value is -2.41. The summed E-state index contributed by atoms with van der Waals surface area (Å²) in [4.78, 5) is 11.2. The van der Waals surface area contributed by atoms with Gasteiger partial charge in [-0.2, -0.15) is 4.37 Å². The van der Waals surface area contributed by atoms with Gasteiger partial charge in [-0.15, -0.1) is 0 Å². The topological polar surface area (TPSA) is 78.4 Å². The molecule has 0 bridgehead atoms. The van der Waals surface area contributed by atoms with Crippen molar-refractivity contribution in [1.29, 1.82) is 0 Å². The molecule has 0 radical (unpaired) electrons. The van der Waals surface area contributed by atoms with E-state index in [1.165, 1.54) is 11.5 Å². The number of nitrogens with one attached hydrogen (secondary N) is 1. The van der Waals surface area contributed by atoms with Gasteiger partial charge in [-0.05, 0) is 71.8 Å². The van der Waals surface area contributed by atoms with E-state index in [9.17, 15) is 0 Å². The van der Waals surface area contributed by atoms with Gasteiger partial charge >= 0.3 is 0 Å². The second kappa shape index (κ2) is 10.9. The molecule has 2 aromatic heterocycles. The van der Waals surface area contributed by atoms with Crippen molar-refractivity contribution < 1.29 is 14.2 Å². The molecule has 0 saturated carbocycles. The van der Waals surface area contributed by atoms with Gasteiger partial charge in [0.1, 0.15) is 29.2 Å². The first kappa shape index (κ1) is 23.3. The quantitative estimate of drug-likeness (QED) is 0.214. The number of ether oxygens (including phenoxy) is 3. The van der Waals surface area contributed by atoms with Gasteiger partial charge in [0.15, 0.2) is 5.82 Å². The van der Waals surface area contributed by atoms with Crippen LogP contribution in [0.2, 0.25) is 0 Å². The lowest BCUT2D eigenvalue weighted by Crippen LogP contribution is -2.00. The molecule has 174 valence electrons. The first-order valence-corrected chi connectivity index (χ1v) is 13.3. The van der Waals surface area contributed by atoms with Crippen LogP contribution >= 0.6 is 45.9 Å². The molecule has 3 heterocycles. The Morgan fingerprint density at radius 1 is 1.12 bits per heavy atom. The van der Waals surface area contributed by atoms with Crippen LogP contribution in [-0.2, 0) is 4.74 Å². The van der Waals surface area contributed by atoms with Crippen LogP contribution in [0.1, 0.15) is 24.8 Å². The first-order valence-electron chi connectivity index (χ1n) is 10.6. The molecule has 0 aliphatic carbocycles. The summed E-state index contributed by atoms with van der Waals surface area (Å²) < 4.78 is 22.8. The summed E-state index contributed by atoms with van der Waals surface area (Å²) in [6.07, 6.45) is 3.68. The highest BCUT2D eigenvalue weighted by Crippen LogP contribution is 2.38. The van der Waals surface area contributed by atoms with Gasteiger partial charge in [0.25, 0.3) is 0 Å². The highest BCUT2D eigenvalue weighted by atomic mass is 127. The van der Waals surface area contributed by atoms with E-state index in [0.29, 0.717) is 16.7 Å². The number of anilines is 2. The molecule has 1 unspecified atom stereocenters. The third-order valence-corrected chi connectivity index (χ3v) is 7.35. The highest BCUT2D eigenvalue weighted by Gasteiger charge is 2.22. The smallest absolute Gasteiger partial charge is 0.208 e. The molecule has 1 aliphatic rings. The monoisotopic (exact) mass is 604 g/mol. The number of halogens is 1. The predicted octanol–water partition coefficient (Wildman–Crippen LogP) is 7.08. The van der Waals surface area contributed by atoms with Crippen molar-refractivity contribution in [2.45, 2.75) is 28.7 Å². The maximum atomic E-state index is 6.08. The highest BCUT2D eigenvalue weighted by molar-refractivity contribution is 14.1. The fourth-order valence-electron chi connectivity index (χ4n) is 3.41. The van der Waals surface area contributed by atoms with Crippen molar-refractivity contribution in [3.05, 3.63) is 70.2 Å². The third-order valence-electron chi connectivity index (χ3n) is 5.01. The fourth-order valence-corrected chi connectivity index (χ4v) is 5.49. The van der Waals surface area contributed by atoms with Crippen LogP contribution < -0.4 is 14.8 Å². The molecule has 2 aromatic carbocycles. The average molecular weight is 604 g/mol. The molecule has 5 rings (SSSR count). The Labute approximate surface area is 219 Å². The number of benzene rings is 2. The number of pyridine rings is 1. The van der Waals surface area contributed by atoms with Crippen molar-refractivity contribution in [3.63, 3.8) is 0 Å². The van der Waals surface area contributed by atoms with E-state index in [-0.39, 0.29) is 6.10 Å². The van der Waals surface area contributed by atoms with Crippen molar-refractivity contribution in [1.82, 2.24) is 14.3 Å². The number of nitrogens with zero attached hydrogens (tertiary/aromatic N) is 3. The van der Waals surface area contributed by atoms with E-state index >= 15 is 0 Å². The second-order valence-corrected chi connectivity index (χ2v) is 10.6. The summed E-state index contributed by atoms with van der Waals surface area (Å²) in [5.74, 6) is 3.61. The summed E-state index contributed by atoms with van der Waals surface area (Å²) in [6.45, 7) is 0.761. The van der Waals surface area contributed by atoms with Crippen LogP contribution in [0, 0.1) is 3.57 Å². The Bertz CT molecular complexity index is 1280. The predicted molar refractivity (Wildman–Crippen MR) is 142 cm³/mol. The molecular formula is C24H21IN4O3S2. The molecule has 1 atom stereocenters. The van der Waals surface area contributed by atoms with E-state index < -0.39 is 0 Å². The van der Waals surface area contributed by atoms with Crippen LogP contribution in [0.4, 0.5) is 10.9 Å². The minimum atomic E-state index is -0.0187. The summed E-state index contributed by atoms with van der Waals surface area (Å²) in [6, 6.07) is 17.8. The lowest BCUT2D eigenvalue weighted by Gasteiger charge is -2.12. The molecule has 7 nitrogen and oxygen atoms in total. The molecule has 0 amide bonds. The van der Waals surface area contributed by atoms with Gasteiger partial charge in [0, 0.05) is 32.7 Å². The number of hydrogen-bond acceptors (Lipinski definition) is 9. The summed E-state index contributed by atoms with van der Waals surface area (Å²) >= 11 is 5.14. The van der Waals surface area contributed by atoms with Crippen molar-refractivity contribution in [3.8, 4) is 17.2 Å². The standard InChI is InChI=1S/C24H21IN4O3S2/c1-30-16-6-3-8-19(12-16)33-21-13-18(32-17-7-2-5-15(25)11-17)14-26-23(21)28-24-27-22(29-34-24)20-9-4-10-31-20/h2-3,5-8,11-14,20H,4,9-10H2,1H3,(H,26,27,28,29). The van der Waals surface area contributed by atoms with Gasteiger partial charge in [-0.3, -0.25) is 0 Å². The van der Waals surface area contributed by atoms with Crippen LogP contribution in [0.5, 0.6) is 17.2 Å². The normalized spacial score (nSPS) is 15.3. The first-order chi connectivity index (χ1) is 16.7. The summed E-state index contributed by atoms with van der Waals surface area (Å²) in [5.41, 5.74) is 0. The van der Waals surface area contributed by atoms with Crippen LogP contribution in [-0.4, -0.2) is 28.1 Å². The molecule has 1 fully saturated rings. The van der Waals surface area contributed by atoms with E-state index in [0.717, 1.165) is 50.1 Å². The average Bonchev–Trinajstić information content (AvgIpc) is 3.53. The number of hydrogen-bond donors (Lipinski definition) is 1. The van der Waals surface area contributed by atoms with E-state index in [1.807, 2.05) is 54.6 Å². The lowest BCUT2D eigenvalue weighted by molar-refractivity contribution is 0.106.